The molecule has 1 heterocycles. The molecule has 26 heavy (non-hydrogen) atoms. The minimum Gasteiger partial charge on any atom is -0.324 e. The van der Waals surface area contributed by atoms with Gasteiger partial charge in [0.05, 0.1) is 22.3 Å². The Labute approximate surface area is 162 Å². The van der Waals surface area contributed by atoms with Gasteiger partial charge in [-0.15, -0.1) is 0 Å². The standard InChI is InChI=1S/C19H20Cl2FN3O/c20-16-5-2-6-17(19(16)21)23-18(26)13-25-9-7-24(8-10-25)12-14-3-1-4-15(22)11-14/h1-6,11H,7-10,12-13H2,(H,23,26). The zero-order valence-electron chi connectivity index (χ0n) is 14.2. The Morgan fingerprint density at radius 3 is 2.46 bits per heavy atom. The molecule has 1 aliphatic rings. The molecular formula is C19H20Cl2FN3O. The van der Waals surface area contributed by atoms with E-state index >= 15 is 0 Å². The van der Waals surface area contributed by atoms with Crippen LogP contribution in [0.2, 0.25) is 10.0 Å². The second-order valence-corrected chi connectivity index (χ2v) is 7.12. The molecule has 1 fully saturated rings. The lowest BCUT2D eigenvalue weighted by atomic mass is 10.2. The first-order chi connectivity index (χ1) is 12.5. The zero-order chi connectivity index (χ0) is 18.5. The maximum absolute atomic E-state index is 13.3. The van der Waals surface area contributed by atoms with Crippen LogP contribution in [-0.2, 0) is 11.3 Å². The Morgan fingerprint density at radius 2 is 1.73 bits per heavy atom. The maximum atomic E-state index is 13.3. The average molecular weight is 396 g/mol. The van der Waals surface area contributed by atoms with Crippen LogP contribution in [0.15, 0.2) is 42.5 Å². The molecule has 1 N–H and O–H groups in total. The average Bonchev–Trinajstić information content (AvgIpc) is 2.61. The summed E-state index contributed by atoms with van der Waals surface area (Å²) in [6.45, 7) is 4.26. The number of benzene rings is 2. The fourth-order valence-electron chi connectivity index (χ4n) is 2.99. The summed E-state index contributed by atoms with van der Waals surface area (Å²) in [6.07, 6.45) is 0. The number of halogens is 3. The predicted octanol–water partition coefficient (Wildman–Crippen LogP) is 3.89. The van der Waals surface area contributed by atoms with E-state index in [0.29, 0.717) is 22.3 Å². The molecule has 0 spiro atoms. The van der Waals surface area contributed by atoms with Crippen LogP contribution in [-0.4, -0.2) is 48.4 Å². The van der Waals surface area contributed by atoms with E-state index in [-0.39, 0.29) is 11.7 Å². The van der Waals surface area contributed by atoms with Crippen molar-refractivity contribution in [1.82, 2.24) is 9.80 Å². The molecule has 4 nitrogen and oxygen atoms in total. The molecule has 1 saturated heterocycles. The third kappa shape index (κ3) is 5.17. The quantitative estimate of drug-likeness (QED) is 0.833. The summed E-state index contributed by atoms with van der Waals surface area (Å²) >= 11 is 12.1. The number of rotatable bonds is 5. The Bertz CT molecular complexity index is 779. The highest BCUT2D eigenvalue weighted by Gasteiger charge is 2.19. The van der Waals surface area contributed by atoms with Gasteiger partial charge in [0.25, 0.3) is 0 Å². The van der Waals surface area contributed by atoms with Crippen LogP contribution >= 0.6 is 23.2 Å². The number of amides is 1. The number of carbonyl (C=O) groups excluding carboxylic acids is 1. The summed E-state index contributed by atoms with van der Waals surface area (Å²) < 4.78 is 13.3. The third-order valence-electron chi connectivity index (χ3n) is 4.35. The molecule has 138 valence electrons. The van der Waals surface area contributed by atoms with Gasteiger partial charge in [-0.25, -0.2) is 4.39 Å². The summed E-state index contributed by atoms with van der Waals surface area (Å²) in [7, 11) is 0. The first kappa shape index (κ1) is 19.1. The lowest BCUT2D eigenvalue weighted by Gasteiger charge is -2.34. The summed E-state index contributed by atoms with van der Waals surface area (Å²) in [5.74, 6) is -0.328. The zero-order valence-corrected chi connectivity index (χ0v) is 15.7. The molecular weight excluding hydrogens is 376 g/mol. The van der Waals surface area contributed by atoms with Crippen LogP contribution in [0, 0.1) is 5.82 Å². The van der Waals surface area contributed by atoms with Crippen molar-refractivity contribution in [3.8, 4) is 0 Å². The van der Waals surface area contributed by atoms with Crippen molar-refractivity contribution in [3.05, 3.63) is 63.9 Å². The van der Waals surface area contributed by atoms with E-state index in [2.05, 4.69) is 15.1 Å². The van der Waals surface area contributed by atoms with Gasteiger partial charge in [-0.2, -0.15) is 0 Å². The van der Waals surface area contributed by atoms with Crippen molar-refractivity contribution in [2.75, 3.05) is 38.0 Å². The predicted molar refractivity (Wildman–Crippen MR) is 103 cm³/mol. The lowest BCUT2D eigenvalue weighted by Crippen LogP contribution is -2.48. The lowest BCUT2D eigenvalue weighted by molar-refractivity contribution is -0.117. The summed E-state index contributed by atoms with van der Waals surface area (Å²) in [5.41, 5.74) is 1.49. The molecule has 2 aromatic carbocycles. The fourth-order valence-corrected chi connectivity index (χ4v) is 3.34. The van der Waals surface area contributed by atoms with Gasteiger partial charge in [-0.1, -0.05) is 41.4 Å². The van der Waals surface area contributed by atoms with E-state index in [4.69, 9.17) is 23.2 Å². The second-order valence-electron chi connectivity index (χ2n) is 6.33. The van der Waals surface area contributed by atoms with E-state index in [9.17, 15) is 9.18 Å². The molecule has 7 heteroatoms. The molecule has 0 aromatic heterocycles. The number of hydrogen-bond donors (Lipinski definition) is 1. The van der Waals surface area contributed by atoms with E-state index in [1.165, 1.54) is 6.07 Å². The Hall–Kier alpha value is -1.66. The number of piperazine rings is 1. The van der Waals surface area contributed by atoms with Crippen LogP contribution in [0.4, 0.5) is 10.1 Å². The molecule has 0 saturated carbocycles. The first-order valence-corrected chi connectivity index (χ1v) is 9.20. The van der Waals surface area contributed by atoms with Crippen molar-refractivity contribution in [2.45, 2.75) is 6.54 Å². The van der Waals surface area contributed by atoms with Gasteiger partial charge in [0.15, 0.2) is 0 Å². The van der Waals surface area contributed by atoms with Gasteiger partial charge in [0, 0.05) is 32.7 Å². The van der Waals surface area contributed by atoms with E-state index in [0.717, 1.165) is 38.3 Å². The van der Waals surface area contributed by atoms with Crippen molar-refractivity contribution < 1.29 is 9.18 Å². The van der Waals surface area contributed by atoms with Gasteiger partial charge >= 0.3 is 0 Å². The monoisotopic (exact) mass is 395 g/mol. The fraction of sp³-hybridized carbons (Fsp3) is 0.316. The maximum Gasteiger partial charge on any atom is 0.238 e. The molecule has 1 aliphatic heterocycles. The SMILES string of the molecule is O=C(CN1CCN(Cc2cccc(F)c2)CC1)Nc1cccc(Cl)c1Cl. The van der Waals surface area contributed by atoms with Crippen LogP contribution in [0.5, 0.6) is 0 Å². The van der Waals surface area contributed by atoms with Crippen molar-refractivity contribution in [2.24, 2.45) is 0 Å². The molecule has 0 radical (unpaired) electrons. The Morgan fingerprint density at radius 1 is 1.04 bits per heavy atom. The normalized spacial score (nSPS) is 15.8. The van der Waals surface area contributed by atoms with Crippen molar-refractivity contribution in [3.63, 3.8) is 0 Å². The Kier molecular flexibility index (Phi) is 6.48. The Balaban J connectivity index is 1.46. The number of nitrogens with one attached hydrogen (secondary N) is 1. The largest absolute Gasteiger partial charge is 0.324 e. The van der Waals surface area contributed by atoms with Gasteiger partial charge in [0.1, 0.15) is 5.82 Å². The van der Waals surface area contributed by atoms with Crippen molar-refractivity contribution >= 4 is 34.8 Å². The van der Waals surface area contributed by atoms with Crippen LogP contribution in [0.1, 0.15) is 5.56 Å². The molecule has 3 rings (SSSR count). The number of anilines is 1. The summed E-state index contributed by atoms with van der Waals surface area (Å²) in [4.78, 5) is 16.6. The minimum absolute atomic E-state index is 0.118. The first-order valence-electron chi connectivity index (χ1n) is 8.44. The minimum atomic E-state index is -0.211. The number of carbonyl (C=O) groups is 1. The molecule has 0 aliphatic carbocycles. The summed E-state index contributed by atoms with van der Waals surface area (Å²) in [5, 5.41) is 3.57. The molecule has 0 bridgehead atoms. The van der Waals surface area contributed by atoms with Crippen LogP contribution in [0.25, 0.3) is 0 Å². The van der Waals surface area contributed by atoms with E-state index in [1.807, 2.05) is 6.07 Å². The van der Waals surface area contributed by atoms with E-state index in [1.54, 1.807) is 30.3 Å². The number of hydrogen-bond acceptors (Lipinski definition) is 3. The highest BCUT2D eigenvalue weighted by Crippen LogP contribution is 2.29. The van der Waals surface area contributed by atoms with Gasteiger partial charge in [-0.05, 0) is 29.8 Å². The number of nitrogens with zero attached hydrogens (tertiary/aromatic N) is 2. The smallest absolute Gasteiger partial charge is 0.238 e. The van der Waals surface area contributed by atoms with E-state index < -0.39 is 0 Å². The highest BCUT2D eigenvalue weighted by molar-refractivity contribution is 6.43. The van der Waals surface area contributed by atoms with Crippen LogP contribution < -0.4 is 5.32 Å². The third-order valence-corrected chi connectivity index (χ3v) is 5.17. The molecule has 0 atom stereocenters. The van der Waals surface area contributed by atoms with Gasteiger partial charge in [-0.3, -0.25) is 14.6 Å². The molecule has 0 unspecified atom stereocenters. The molecule has 1 amide bonds. The second kappa shape index (κ2) is 8.82. The molecule has 2 aromatic rings. The van der Waals surface area contributed by atoms with Crippen LogP contribution in [0.3, 0.4) is 0 Å². The summed E-state index contributed by atoms with van der Waals surface area (Å²) in [6, 6.07) is 11.8. The topological polar surface area (TPSA) is 35.6 Å². The highest BCUT2D eigenvalue weighted by atomic mass is 35.5. The van der Waals surface area contributed by atoms with Gasteiger partial charge < -0.3 is 5.32 Å². The van der Waals surface area contributed by atoms with Crippen molar-refractivity contribution in [1.29, 1.82) is 0 Å². The van der Waals surface area contributed by atoms with Gasteiger partial charge in [0.2, 0.25) is 5.91 Å².